The van der Waals surface area contributed by atoms with Crippen molar-refractivity contribution in [3.05, 3.63) is 130 Å². The van der Waals surface area contributed by atoms with Gasteiger partial charge in [-0.3, -0.25) is 9.59 Å². The fraction of sp³-hybridized carbons (Fsp3) is 0.216. The fourth-order valence-corrected chi connectivity index (χ4v) is 3.56. The molecule has 0 bridgehead atoms. The van der Waals surface area contributed by atoms with E-state index in [0.717, 1.165) is 22.6 Å². The Balaban J connectivity index is 0.000000216. The first kappa shape index (κ1) is 34.8. The third kappa shape index (κ3) is 12.3. The number of hydrogen-bond donors (Lipinski definition) is 0. The Morgan fingerprint density at radius 1 is 0.659 bits per heavy atom. The number of carbonyl (C=O) groups is 3. The zero-order valence-electron chi connectivity index (χ0n) is 26.1. The van der Waals surface area contributed by atoms with Crippen molar-refractivity contribution in [3.8, 4) is 23.8 Å². The Labute approximate surface area is 260 Å². The van der Waals surface area contributed by atoms with Crippen LogP contribution in [-0.4, -0.2) is 37.1 Å². The highest BCUT2D eigenvalue weighted by molar-refractivity contribution is 6.02. The Kier molecular flexibility index (Phi) is 14.4. The third-order valence-corrected chi connectivity index (χ3v) is 6.17. The lowest BCUT2D eigenvalue weighted by Crippen LogP contribution is -2.32. The maximum absolute atomic E-state index is 11.7. The van der Waals surface area contributed by atoms with Gasteiger partial charge in [-0.2, -0.15) is 0 Å². The molecule has 7 nitrogen and oxygen atoms in total. The number of aryl methyl sites for hydroxylation is 4. The topological polar surface area (TPSA) is 82.1 Å². The first-order valence-corrected chi connectivity index (χ1v) is 14.0. The molecule has 1 heterocycles. The smallest absolute Gasteiger partial charge is 0.363 e. The third-order valence-electron chi connectivity index (χ3n) is 6.17. The van der Waals surface area contributed by atoms with Crippen LogP contribution in [0.25, 0.3) is 0 Å². The van der Waals surface area contributed by atoms with Gasteiger partial charge in [0.2, 0.25) is 0 Å². The molecule has 0 atom stereocenters. The number of terminal acetylenes is 1. The van der Waals surface area contributed by atoms with E-state index in [1.165, 1.54) is 16.7 Å². The predicted molar refractivity (Wildman–Crippen MR) is 172 cm³/mol. The van der Waals surface area contributed by atoms with Crippen molar-refractivity contribution in [2.24, 2.45) is 0 Å². The Hall–Kier alpha value is -5.35. The van der Waals surface area contributed by atoms with Gasteiger partial charge in [-0.15, -0.1) is 11.5 Å². The van der Waals surface area contributed by atoms with Gasteiger partial charge in [0, 0.05) is 18.4 Å². The van der Waals surface area contributed by atoms with Crippen LogP contribution in [0.2, 0.25) is 0 Å². The summed E-state index contributed by atoms with van der Waals surface area (Å²) in [5.74, 6) is 2.74. The molecule has 4 aromatic rings. The average molecular weight is 594 g/mol. The van der Waals surface area contributed by atoms with Crippen LogP contribution in [-0.2, 0) is 14.4 Å². The summed E-state index contributed by atoms with van der Waals surface area (Å²) in [5, 5.41) is 0.546. The lowest BCUT2D eigenvalue weighted by molar-refractivity contribution is -0.172. The van der Waals surface area contributed by atoms with E-state index in [1.807, 2.05) is 92.7 Å². The fourth-order valence-electron chi connectivity index (χ4n) is 3.56. The van der Waals surface area contributed by atoms with E-state index in [2.05, 4.69) is 19.8 Å². The summed E-state index contributed by atoms with van der Waals surface area (Å²) in [6.45, 7) is 7.99. The van der Waals surface area contributed by atoms with E-state index in [1.54, 1.807) is 32.4 Å². The van der Waals surface area contributed by atoms with Gasteiger partial charge < -0.3 is 14.3 Å². The number of rotatable bonds is 4. The molecule has 0 aromatic heterocycles. The first-order chi connectivity index (χ1) is 21.1. The highest BCUT2D eigenvalue weighted by Gasteiger charge is 2.33. The molecule has 0 aliphatic carbocycles. The Morgan fingerprint density at radius 3 is 1.48 bits per heavy atom. The van der Waals surface area contributed by atoms with E-state index in [4.69, 9.17) is 20.7 Å². The molecule has 2 amide bonds. The van der Waals surface area contributed by atoms with Crippen LogP contribution in [0.3, 0.4) is 0 Å². The number of nitrogens with zero attached hydrogens (tertiary/aromatic N) is 1. The molecule has 228 valence electrons. The number of carbonyl (C=O) groups excluding carboxylic acids is 3. The van der Waals surface area contributed by atoms with Crippen molar-refractivity contribution >= 4 is 17.8 Å². The van der Waals surface area contributed by atoms with Crippen LogP contribution in [0.4, 0.5) is 0 Å². The molecule has 1 aliphatic heterocycles. The standard InChI is InChI=1S/C12H11NO4.C9H8.2C8H10O/c1-8-3-2-4-9(7-8)12(16)17-13-10(14)5-6-11(13)15;1-3-9-6-4-8(2)5-7-9;2*1-7-3-5-8(9-2)6-4-7/h2-4,7H,5-6H2,1H3;1,4-7H,2H3;2*3-6H,1-2H3. The summed E-state index contributed by atoms with van der Waals surface area (Å²) in [6.07, 6.45) is 5.34. The summed E-state index contributed by atoms with van der Waals surface area (Å²) in [5.41, 5.74) is 5.93. The highest BCUT2D eigenvalue weighted by Crippen LogP contribution is 2.15. The maximum Gasteiger partial charge on any atom is 0.363 e. The summed E-state index contributed by atoms with van der Waals surface area (Å²) >= 11 is 0. The summed E-state index contributed by atoms with van der Waals surface area (Å²) in [6, 6.07) is 30.6. The van der Waals surface area contributed by atoms with Crippen molar-refractivity contribution in [2.75, 3.05) is 14.2 Å². The second kappa shape index (κ2) is 18.2. The number of amides is 2. The van der Waals surface area contributed by atoms with Crippen molar-refractivity contribution in [3.63, 3.8) is 0 Å². The minimum absolute atomic E-state index is 0.0972. The van der Waals surface area contributed by atoms with Crippen LogP contribution >= 0.6 is 0 Å². The minimum atomic E-state index is -0.697. The van der Waals surface area contributed by atoms with Crippen molar-refractivity contribution in [2.45, 2.75) is 40.5 Å². The van der Waals surface area contributed by atoms with Crippen LogP contribution in [0, 0.1) is 40.0 Å². The molecule has 0 saturated carbocycles. The summed E-state index contributed by atoms with van der Waals surface area (Å²) in [4.78, 5) is 38.9. The summed E-state index contributed by atoms with van der Waals surface area (Å²) in [7, 11) is 3.34. The van der Waals surface area contributed by atoms with Crippen LogP contribution in [0.1, 0.15) is 51.0 Å². The van der Waals surface area contributed by atoms with Gasteiger partial charge in [0.05, 0.1) is 19.8 Å². The molecular formula is C37H39NO6. The number of imide groups is 1. The van der Waals surface area contributed by atoms with Gasteiger partial charge in [-0.25, -0.2) is 4.79 Å². The largest absolute Gasteiger partial charge is 0.497 e. The zero-order chi connectivity index (χ0) is 32.5. The predicted octanol–water partition coefficient (Wildman–Crippen LogP) is 7.20. The molecule has 1 saturated heterocycles. The Morgan fingerprint density at radius 2 is 1.09 bits per heavy atom. The van der Waals surface area contributed by atoms with E-state index in [9.17, 15) is 14.4 Å². The quantitative estimate of drug-likeness (QED) is 0.184. The van der Waals surface area contributed by atoms with Gasteiger partial charge in [0.25, 0.3) is 11.8 Å². The molecule has 0 N–H and O–H groups in total. The zero-order valence-corrected chi connectivity index (χ0v) is 26.1. The van der Waals surface area contributed by atoms with Gasteiger partial charge in [-0.1, -0.05) is 76.7 Å². The molecule has 44 heavy (non-hydrogen) atoms. The molecule has 5 rings (SSSR count). The van der Waals surface area contributed by atoms with E-state index < -0.39 is 17.8 Å². The van der Waals surface area contributed by atoms with Gasteiger partial charge >= 0.3 is 5.97 Å². The maximum atomic E-state index is 11.7. The number of methoxy groups -OCH3 is 2. The van der Waals surface area contributed by atoms with Gasteiger partial charge in [-0.05, 0) is 76.2 Å². The van der Waals surface area contributed by atoms with Crippen molar-refractivity contribution in [1.29, 1.82) is 0 Å². The average Bonchev–Trinajstić information content (AvgIpc) is 3.35. The van der Waals surface area contributed by atoms with Crippen LogP contribution < -0.4 is 9.47 Å². The SMILES string of the molecule is C#Cc1ccc(C)cc1.COc1ccc(C)cc1.COc1ccc(C)cc1.Cc1cccc(C(=O)ON2C(=O)CCC2=O)c1. The molecule has 0 spiro atoms. The molecule has 4 aromatic carbocycles. The molecule has 0 radical (unpaired) electrons. The monoisotopic (exact) mass is 593 g/mol. The minimum Gasteiger partial charge on any atom is -0.497 e. The summed E-state index contributed by atoms with van der Waals surface area (Å²) < 4.78 is 9.94. The molecule has 0 unspecified atom stereocenters. The van der Waals surface area contributed by atoms with Crippen LogP contribution in [0.15, 0.2) is 97.1 Å². The molecule has 1 aliphatic rings. The van der Waals surface area contributed by atoms with E-state index in [-0.39, 0.29) is 12.8 Å². The van der Waals surface area contributed by atoms with Gasteiger partial charge in [0.1, 0.15) is 11.5 Å². The number of ether oxygens (including phenoxy) is 2. The molecule has 7 heteroatoms. The van der Waals surface area contributed by atoms with Crippen molar-refractivity contribution in [1.82, 2.24) is 5.06 Å². The normalized spacial score (nSPS) is 11.3. The second-order valence-corrected chi connectivity index (χ2v) is 9.87. The Bertz CT molecular complexity index is 1470. The lowest BCUT2D eigenvalue weighted by atomic mass is 10.1. The van der Waals surface area contributed by atoms with E-state index in [0.29, 0.717) is 10.6 Å². The number of hydroxylamine groups is 2. The van der Waals surface area contributed by atoms with Gasteiger partial charge in [0.15, 0.2) is 0 Å². The number of benzene rings is 4. The number of hydrogen-bond acceptors (Lipinski definition) is 6. The first-order valence-electron chi connectivity index (χ1n) is 14.0. The molecular weight excluding hydrogens is 554 g/mol. The highest BCUT2D eigenvalue weighted by atomic mass is 16.7. The molecule has 1 fully saturated rings. The second-order valence-electron chi connectivity index (χ2n) is 9.87. The van der Waals surface area contributed by atoms with Crippen LogP contribution in [0.5, 0.6) is 11.5 Å². The van der Waals surface area contributed by atoms with Crippen molar-refractivity contribution < 1.29 is 28.7 Å². The van der Waals surface area contributed by atoms with E-state index >= 15 is 0 Å². The lowest BCUT2D eigenvalue weighted by Gasteiger charge is -2.12.